The highest BCUT2D eigenvalue weighted by atomic mass is 79.9. The van der Waals surface area contributed by atoms with Gasteiger partial charge in [-0.05, 0) is 36.5 Å². The van der Waals surface area contributed by atoms with E-state index in [0.717, 1.165) is 28.5 Å². The van der Waals surface area contributed by atoms with E-state index in [1.165, 1.54) is 19.3 Å². The van der Waals surface area contributed by atoms with Crippen molar-refractivity contribution in [2.24, 2.45) is 23.7 Å². The van der Waals surface area contributed by atoms with Gasteiger partial charge in [0, 0.05) is 4.83 Å². The maximum absolute atomic E-state index is 3.86. The van der Waals surface area contributed by atoms with Crippen molar-refractivity contribution in [3.63, 3.8) is 0 Å². The molecule has 1 aliphatic rings. The summed E-state index contributed by atoms with van der Waals surface area (Å²) in [6.45, 7) is 9.47. The quantitative estimate of drug-likeness (QED) is 0.631. The van der Waals surface area contributed by atoms with E-state index in [4.69, 9.17) is 0 Å². The van der Waals surface area contributed by atoms with Gasteiger partial charge in [0.15, 0.2) is 0 Å². The molecule has 0 bridgehead atoms. The zero-order valence-corrected chi connectivity index (χ0v) is 11.0. The Morgan fingerprint density at radius 3 is 2.23 bits per heavy atom. The Labute approximate surface area is 91.6 Å². The lowest BCUT2D eigenvalue weighted by Crippen LogP contribution is -2.31. The lowest BCUT2D eigenvalue weighted by molar-refractivity contribution is 0.188. The summed E-state index contributed by atoms with van der Waals surface area (Å²) in [5.74, 6) is 3.56. The number of alkyl halides is 1. The molecule has 0 aromatic rings. The van der Waals surface area contributed by atoms with Crippen LogP contribution in [0.1, 0.15) is 47.0 Å². The van der Waals surface area contributed by atoms with Gasteiger partial charge in [0.2, 0.25) is 0 Å². The minimum atomic E-state index is 0.731. The first-order valence-corrected chi connectivity index (χ1v) is 6.58. The number of hydrogen-bond acceptors (Lipinski definition) is 0. The fourth-order valence-electron chi connectivity index (χ4n) is 2.66. The molecule has 1 aliphatic carbocycles. The van der Waals surface area contributed by atoms with E-state index in [1.807, 2.05) is 0 Å². The second kappa shape index (κ2) is 4.82. The molecule has 0 aliphatic heterocycles. The van der Waals surface area contributed by atoms with Crippen molar-refractivity contribution in [1.29, 1.82) is 0 Å². The molecule has 0 aromatic heterocycles. The van der Waals surface area contributed by atoms with Crippen LogP contribution in [0.2, 0.25) is 0 Å². The molecule has 0 nitrogen and oxygen atoms in total. The van der Waals surface area contributed by atoms with E-state index in [9.17, 15) is 0 Å². The van der Waals surface area contributed by atoms with Crippen molar-refractivity contribution in [2.75, 3.05) is 0 Å². The predicted octanol–water partition coefficient (Wildman–Crippen LogP) is 4.48. The Kier molecular flexibility index (Phi) is 4.28. The molecule has 0 aromatic carbocycles. The average molecular weight is 247 g/mol. The molecule has 1 heteroatoms. The summed E-state index contributed by atoms with van der Waals surface area (Å²) < 4.78 is 0. The van der Waals surface area contributed by atoms with Crippen LogP contribution in [0, 0.1) is 23.7 Å². The molecule has 0 radical (unpaired) electrons. The SMILES string of the molecule is CC1CCC(C(Br)C(C)C)C(C)C1. The van der Waals surface area contributed by atoms with Gasteiger partial charge in [-0.3, -0.25) is 0 Å². The third-order valence-corrected chi connectivity index (χ3v) is 5.28. The van der Waals surface area contributed by atoms with Gasteiger partial charge >= 0.3 is 0 Å². The second-order valence-electron chi connectivity index (χ2n) is 5.25. The van der Waals surface area contributed by atoms with Gasteiger partial charge < -0.3 is 0 Å². The average Bonchev–Trinajstić information content (AvgIpc) is 2.03. The van der Waals surface area contributed by atoms with Crippen LogP contribution in [0.5, 0.6) is 0 Å². The number of rotatable bonds is 2. The van der Waals surface area contributed by atoms with Gasteiger partial charge in [-0.25, -0.2) is 0 Å². The highest BCUT2D eigenvalue weighted by Gasteiger charge is 2.31. The van der Waals surface area contributed by atoms with Crippen molar-refractivity contribution in [2.45, 2.75) is 51.8 Å². The van der Waals surface area contributed by atoms with Gasteiger partial charge in [0.1, 0.15) is 0 Å². The lowest BCUT2D eigenvalue weighted by Gasteiger charge is -2.37. The molecule has 4 atom stereocenters. The van der Waals surface area contributed by atoms with Crippen LogP contribution >= 0.6 is 15.9 Å². The standard InChI is InChI=1S/C12H23Br/c1-8(2)12(13)11-6-5-9(3)7-10(11)4/h8-12H,5-7H2,1-4H3. The Morgan fingerprint density at radius 2 is 1.77 bits per heavy atom. The van der Waals surface area contributed by atoms with Crippen LogP contribution in [0.3, 0.4) is 0 Å². The number of hydrogen-bond donors (Lipinski definition) is 0. The van der Waals surface area contributed by atoms with Crippen molar-refractivity contribution >= 4 is 15.9 Å². The van der Waals surface area contributed by atoms with Crippen LogP contribution in [-0.4, -0.2) is 4.83 Å². The van der Waals surface area contributed by atoms with Crippen LogP contribution in [0.4, 0.5) is 0 Å². The highest BCUT2D eigenvalue weighted by Crippen LogP contribution is 2.39. The molecule has 1 fully saturated rings. The molecular formula is C12H23Br. The van der Waals surface area contributed by atoms with Gasteiger partial charge in [-0.15, -0.1) is 0 Å². The molecule has 0 heterocycles. The summed E-state index contributed by atoms with van der Waals surface area (Å²) in [5.41, 5.74) is 0. The minimum Gasteiger partial charge on any atom is -0.0885 e. The van der Waals surface area contributed by atoms with Crippen molar-refractivity contribution in [1.82, 2.24) is 0 Å². The van der Waals surface area contributed by atoms with E-state index < -0.39 is 0 Å². The van der Waals surface area contributed by atoms with Crippen molar-refractivity contribution < 1.29 is 0 Å². The molecule has 0 spiro atoms. The molecule has 1 saturated carbocycles. The summed E-state index contributed by atoms with van der Waals surface area (Å²) in [5, 5.41) is 0. The Balaban J connectivity index is 2.50. The predicted molar refractivity (Wildman–Crippen MR) is 63.2 cm³/mol. The summed E-state index contributed by atoms with van der Waals surface area (Å²) in [6, 6.07) is 0. The molecule has 0 saturated heterocycles. The maximum atomic E-state index is 3.86. The van der Waals surface area contributed by atoms with E-state index >= 15 is 0 Å². The third-order valence-electron chi connectivity index (χ3n) is 3.54. The van der Waals surface area contributed by atoms with Crippen LogP contribution in [-0.2, 0) is 0 Å². The van der Waals surface area contributed by atoms with Gasteiger partial charge in [0.25, 0.3) is 0 Å². The third kappa shape index (κ3) is 2.97. The first kappa shape index (κ1) is 11.6. The topological polar surface area (TPSA) is 0 Å². The molecule has 78 valence electrons. The molecule has 13 heavy (non-hydrogen) atoms. The fourth-order valence-corrected chi connectivity index (χ4v) is 3.44. The lowest BCUT2D eigenvalue weighted by atomic mass is 9.72. The molecule has 4 unspecified atom stereocenters. The van der Waals surface area contributed by atoms with E-state index in [0.29, 0.717) is 0 Å². The fraction of sp³-hybridized carbons (Fsp3) is 1.00. The van der Waals surface area contributed by atoms with Crippen LogP contribution < -0.4 is 0 Å². The molecular weight excluding hydrogens is 224 g/mol. The van der Waals surface area contributed by atoms with E-state index in [1.54, 1.807) is 0 Å². The Hall–Kier alpha value is 0.480. The monoisotopic (exact) mass is 246 g/mol. The van der Waals surface area contributed by atoms with Gasteiger partial charge in [0.05, 0.1) is 0 Å². The molecule has 1 rings (SSSR count). The van der Waals surface area contributed by atoms with Gasteiger partial charge in [-0.2, -0.15) is 0 Å². The minimum absolute atomic E-state index is 0.731. The normalized spacial score (nSPS) is 37.8. The zero-order chi connectivity index (χ0) is 10.0. The number of halogens is 1. The van der Waals surface area contributed by atoms with Crippen LogP contribution in [0.25, 0.3) is 0 Å². The Morgan fingerprint density at radius 1 is 1.15 bits per heavy atom. The first-order valence-electron chi connectivity index (χ1n) is 5.66. The summed E-state index contributed by atoms with van der Waals surface area (Å²) >= 11 is 3.86. The molecule has 0 amide bonds. The van der Waals surface area contributed by atoms with Crippen molar-refractivity contribution in [3.8, 4) is 0 Å². The summed E-state index contributed by atoms with van der Waals surface area (Å²) in [6.07, 6.45) is 4.29. The van der Waals surface area contributed by atoms with Gasteiger partial charge in [-0.1, -0.05) is 50.0 Å². The molecule has 0 N–H and O–H groups in total. The van der Waals surface area contributed by atoms with E-state index in [2.05, 4.69) is 43.6 Å². The van der Waals surface area contributed by atoms with Crippen LogP contribution in [0.15, 0.2) is 0 Å². The smallest absolute Gasteiger partial charge is 0.0199 e. The largest absolute Gasteiger partial charge is 0.0885 e. The first-order chi connectivity index (χ1) is 6.02. The summed E-state index contributed by atoms with van der Waals surface area (Å²) in [7, 11) is 0. The summed E-state index contributed by atoms with van der Waals surface area (Å²) in [4.78, 5) is 0.731. The second-order valence-corrected chi connectivity index (χ2v) is 6.31. The highest BCUT2D eigenvalue weighted by molar-refractivity contribution is 9.09. The zero-order valence-electron chi connectivity index (χ0n) is 9.39. The maximum Gasteiger partial charge on any atom is 0.0199 e. The van der Waals surface area contributed by atoms with E-state index in [-0.39, 0.29) is 0 Å². The van der Waals surface area contributed by atoms with Crippen molar-refractivity contribution in [3.05, 3.63) is 0 Å². The Bertz CT molecular complexity index is 153.